The molecule has 0 aliphatic carbocycles. The fourth-order valence-corrected chi connectivity index (χ4v) is 5.09. The number of hydrogen-bond donors (Lipinski definition) is 0. The van der Waals surface area contributed by atoms with Crippen LogP contribution in [0.15, 0.2) is 53.9 Å². The predicted octanol–water partition coefficient (Wildman–Crippen LogP) is 5.14. The highest BCUT2D eigenvalue weighted by molar-refractivity contribution is 7.17. The average molecular weight is 435 g/mol. The zero-order chi connectivity index (χ0) is 21.4. The minimum absolute atomic E-state index is 0.171. The molecule has 1 aliphatic rings. The van der Waals surface area contributed by atoms with Crippen LogP contribution >= 0.6 is 11.3 Å². The van der Waals surface area contributed by atoms with E-state index in [1.54, 1.807) is 24.5 Å². The van der Waals surface area contributed by atoms with E-state index >= 15 is 0 Å². The van der Waals surface area contributed by atoms with Crippen LogP contribution in [-0.2, 0) is 0 Å². The quantitative estimate of drug-likeness (QED) is 0.445. The van der Waals surface area contributed by atoms with Crippen molar-refractivity contribution in [2.24, 2.45) is 0 Å². The Hall–Kier alpha value is -3.19. The van der Waals surface area contributed by atoms with Gasteiger partial charge in [-0.3, -0.25) is 0 Å². The van der Waals surface area contributed by atoms with Crippen LogP contribution in [0.2, 0.25) is 0 Å². The van der Waals surface area contributed by atoms with E-state index in [0.29, 0.717) is 5.69 Å². The average Bonchev–Trinajstić information content (AvgIpc) is 3.23. The molecule has 3 heterocycles. The molecule has 0 N–H and O–H groups in total. The van der Waals surface area contributed by atoms with Gasteiger partial charge in [0.25, 0.3) is 0 Å². The molecule has 0 saturated carbocycles. The Morgan fingerprint density at radius 1 is 0.935 bits per heavy atom. The van der Waals surface area contributed by atoms with Gasteiger partial charge in [0, 0.05) is 37.1 Å². The number of nitrogens with zero attached hydrogens (tertiary/aromatic N) is 4. The number of rotatable bonds is 4. The van der Waals surface area contributed by atoms with Crippen LogP contribution < -0.4 is 14.5 Å². The Morgan fingerprint density at radius 3 is 2.35 bits per heavy atom. The van der Waals surface area contributed by atoms with E-state index < -0.39 is 0 Å². The molecule has 5 nitrogen and oxygen atoms in total. The van der Waals surface area contributed by atoms with Crippen molar-refractivity contribution in [3.63, 3.8) is 0 Å². The number of anilines is 2. The summed E-state index contributed by atoms with van der Waals surface area (Å²) in [6.07, 6.45) is 0. The van der Waals surface area contributed by atoms with E-state index in [1.807, 2.05) is 31.2 Å². The summed E-state index contributed by atoms with van der Waals surface area (Å²) in [6.45, 7) is 4.97. The summed E-state index contributed by atoms with van der Waals surface area (Å²) in [6, 6.07) is 15.1. The Kier molecular flexibility index (Phi) is 5.19. The molecule has 0 unspecified atom stereocenters. The first-order valence-electron chi connectivity index (χ1n) is 10.3. The molecule has 0 spiro atoms. The molecule has 31 heavy (non-hydrogen) atoms. The highest BCUT2D eigenvalue weighted by Gasteiger charge is 2.24. The number of benzene rings is 2. The summed E-state index contributed by atoms with van der Waals surface area (Å²) in [5.41, 5.74) is 2.92. The molecule has 2 aromatic heterocycles. The maximum atomic E-state index is 14.2. The Balaban J connectivity index is 1.48. The SMILES string of the molecule is COc1ccc(-c2csc3nc(C)nc(N4CCN(c5ccccc5F)CC4)c23)cc1. The molecule has 2 aromatic carbocycles. The minimum Gasteiger partial charge on any atom is -0.497 e. The second-order valence-corrected chi connectivity index (χ2v) is 8.44. The number of methoxy groups -OCH3 is 1. The first kappa shape index (κ1) is 19.8. The number of aryl methyl sites for hydroxylation is 1. The van der Waals surface area contributed by atoms with Gasteiger partial charge in [-0.05, 0) is 36.8 Å². The van der Waals surface area contributed by atoms with Gasteiger partial charge in [-0.15, -0.1) is 11.3 Å². The van der Waals surface area contributed by atoms with Crippen molar-refractivity contribution in [2.75, 3.05) is 43.1 Å². The summed E-state index contributed by atoms with van der Waals surface area (Å²) in [4.78, 5) is 14.9. The van der Waals surface area contributed by atoms with Crippen molar-refractivity contribution in [1.29, 1.82) is 0 Å². The van der Waals surface area contributed by atoms with Crippen molar-refractivity contribution in [3.8, 4) is 16.9 Å². The van der Waals surface area contributed by atoms with Gasteiger partial charge in [0.1, 0.15) is 28.0 Å². The van der Waals surface area contributed by atoms with Gasteiger partial charge in [-0.25, -0.2) is 14.4 Å². The molecule has 1 aliphatic heterocycles. The first-order chi connectivity index (χ1) is 15.1. The Labute approximate surface area is 184 Å². The van der Waals surface area contributed by atoms with Crippen LogP contribution in [0.3, 0.4) is 0 Å². The fourth-order valence-electron chi connectivity index (χ4n) is 4.11. The molecule has 0 amide bonds. The van der Waals surface area contributed by atoms with Crippen LogP contribution in [0.1, 0.15) is 5.82 Å². The number of piperazine rings is 1. The lowest BCUT2D eigenvalue weighted by molar-refractivity contribution is 0.415. The monoisotopic (exact) mass is 434 g/mol. The molecule has 0 atom stereocenters. The van der Waals surface area contributed by atoms with E-state index in [-0.39, 0.29) is 5.82 Å². The lowest BCUT2D eigenvalue weighted by Gasteiger charge is -2.37. The molecular weight excluding hydrogens is 411 g/mol. The zero-order valence-electron chi connectivity index (χ0n) is 17.5. The third kappa shape index (κ3) is 3.70. The maximum Gasteiger partial charge on any atom is 0.146 e. The highest BCUT2D eigenvalue weighted by Crippen LogP contribution is 2.39. The molecule has 1 saturated heterocycles. The summed E-state index contributed by atoms with van der Waals surface area (Å²) in [7, 11) is 1.67. The van der Waals surface area contributed by atoms with Crippen molar-refractivity contribution < 1.29 is 9.13 Å². The maximum absolute atomic E-state index is 14.2. The van der Waals surface area contributed by atoms with Gasteiger partial charge < -0.3 is 14.5 Å². The second-order valence-electron chi connectivity index (χ2n) is 7.58. The number of thiophene rings is 1. The lowest BCUT2D eigenvalue weighted by Crippen LogP contribution is -2.47. The molecule has 1 fully saturated rings. The second kappa shape index (κ2) is 8.15. The summed E-state index contributed by atoms with van der Waals surface area (Å²) in [5, 5.41) is 3.24. The number of para-hydroxylation sites is 1. The predicted molar refractivity (Wildman–Crippen MR) is 125 cm³/mol. The number of fused-ring (bicyclic) bond motifs is 1. The standard InChI is InChI=1S/C24H23FN4OS/c1-16-26-23(29-13-11-28(12-14-29)21-6-4-3-5-20(21)25)22-19(15-31-24(22)27-16)17-7-9-18(30-2)10-8-17/h3-10,15H,11-14H2,1-2H3. The Morgan fingerprint density at radius 2 is 1.65 bits per heavy atom. The van der Waals surface area contributed by atoms with Crippen LogP contribution in [0.5, 0.6) is 5.75 Å². The third-order valence-corrected chi connectivity index (χ3v) is 6.57. The van der Waals surface area contributed by atoms with E-state index in [9.17, 15) is 4.39 Å². The normalized spacial score (nSPS) is 14.3. The largest absolute Gasteiger partial charge is 0.497 e. The summed E-state index contributed by atoms with van der Waals surface area (Å²) in [5.74, 6) is 2.39. The van der Waals surface area contributed by atoms with Gasteiger partial charge in [0.05, 0.1) is 18.2 Å². The Bertz CT molecular complexity index is 1220. The molecule has 0 bridgehead atoms. The number of aromatic nitrogens is 2. The van der Waals surface area contributed by atoms with E-state index in [4.69, 9.17) is 9.72 Å². The van der Waals surface area contributed by atoms with Gasteiger partial charge in [-0.1, -0.05) is 24.3 Å². The van der Waals surface area contributed by atoms with Gasteiger partial charge >= 0.3 is 0 Å². The molecular formula is C24H23FN4OS. The molecule has 7 heteroatoms. The van der Waals surface area contributed by atoms with E-state index in [1.165, 1.54) is 6.07 Å². The highest BCUT2D eigenvalue weighted by atomic mass is 32.1. The van der Waals surface area contributed by atoms with Crippen molar-refractivity contribution in [3.05, 3.63) is 65.6 Å². The topological polar surface area (TPSA) is 41.5 Å². The molecule has 0 radical (unpaired) electrons. The lowest BCUT2D eigenvalue weighted by atomic mass is 10.1. The fraction of sp³-hybridized carbons (Fsp3) is 0.250. The van der Waals surface area contributed by atoms with Gasteiger partial charge in [0.2, 0.25) is 0 Å². The van der Waals surface area contributed by atoms with Crippen LogP contribution in [-0.4, -0.2) is 43.3 Å². The summed E-state index contributed by atoms with van der Waals surface area (Å²) < 4.78 is 19.5. The molecule has 5 rings (SSSR count). The van der Waals surface area contributed by atoms with Crippen molar-refractivity contribution in [1.82, 2.24) is 9.97 Å². The number of ether oxygens (including phenoxy) is 1. The third-order valence-electron chi connectivity index (χ3n) is 5.70. The zero-order valence-corrected chi connectivity index (χ0v) is 18.3. The van der Waals surface area contributed by atoms with Gasteiger partial charge in [0.15, 0.2) is 0 Å². The van der Waals surface area contributed by atoms with Gasteiger partial charge in [-0.2, -0.15) is 0 Å². The summed E-state index contributed by atoms with van der Waals surface area (Å²) >= 11 is 1.64. The van der Waals surface area contributed by atoms with Crippen LogP contribution in [0, 0.1) is 12.7 Å². The van der Waals surface area contributed by atoms with E-state index in [2.05, 4.69) is 32.3 Å². The first-order valence-corrected chi connectivity index (χ1v) is 11.2. The molecule has 4 aromatic rings. The van der Waals surface area contributed by atoms with Crippen molar-refractivity contribution in [2.45, 2.75) is 6.92 Å². The minimum atomic E-state index is -0.171. The van der Waals surface area contributed by atoms with E-state index in [0.717, 1.165) is 64.9 Å². The van der Waals surface area contributed by atoms with Crippen LogP contribution in [0.25, 0.3) is 21.3 Å². The molecule has 158 valence electrons. The van der Waals surface area contributed by atoms with Crippen molar-refractivity contribution >= 4 is 33.1 Å². The van der Waals surface area contributed by atoms with Crippen LogP contribution in [0.4, 0.5) is 15.9 Å². The smallest absolute Gasteiger partial charge is 0.146 e. The number of hydrogen-bond acceptors (Lipinski definition) is 6. The number of halogens is 1.